The van der Waals surface area contributed by atoms with Gasteiger partial charge in [-0.25, -0.2) is 4.79 Å². The molecule has 0 amide bonds. The van der Waals surface area contributed by atoms with Crippen LogP contribution in [0.3, 0.4) is 0 Å². The van der Waals surface area contributed by atoms with Crippen molar-refractivity contribution in [3.63, 3.8) is 0 Å². The molecule has 0 aromatic heterocycles. The van der Waals surface area contributed by atoms with Crippen molar-refractivity contribution in [1.82, 2.24) is 0 Å². The molecule has 0 spiro atoms. The summed E-state index contributed by atoms with van der Waals surface area (Å²) in [7, 11) is 0. The highest BCUT2D eigenvalue weighted by Gasteiger charge is 2.12. The van der Waals surface area contributed by atoms with Crippen molar-refractivity contribution >= 4 is 11.5 Å². The zero-order valence-corrected chi connectivity index (χ0v) is 7.68. The van der Waals surface area contributed by atoms with Crippen LogP contribution in [0, 0.1) is 5.92 Å². The van der Waals surface area contributed by atoms with E-state index in [-0.39, 0.29) is 5.92 Å². The van der Waals surface area contributed by atoms with E-state index in [2.05, 4.69) is 0 Å². The molecule has 0 atom stereocenters. The maximum absolute atomic E-state index is 10.9. The third-order valence-electron chi connectivity index (χ3n) is 2.28. The number of hydrogen-bond donors (Lipinski definition) is 0. The molecular weight excluding hydrogens is 172 g/mol. The normalized spacial score (nSPS) is 14.3. The number of benzene rings is 1. The second kappa shape index (κ2) is 3.91. The van der Waals surface area contributed by atoms with Crippen LogP contribution in [0.1, 0.15) is 5.56 Å². The summed E-state index contributed by atoms with van der Waals surface area (Å²) in [6.07, 6.45) is 7.89. The fourth-order valence-electron chi connectivity index (χ4n) is 1.56. The van der Waals surface area contributed by atoms with Gasteiger partial charge < -0.3 is 0 Å². The predicted octanol–water partition coefficient (Wildman–Crippen LogP) is 2.64. The maximum atomic E-state index is 10.9. The summed E-state index contributed by atoms with van der Waals surface area (Å²) < 4.78 is 0. The summed E-state index contributed by atoms with van der Waals surface area (Å²) in [6.45, 7) is 0. The SMILES string of the molecule is O=C=C(c1ccccc1)C1C=CC=C1. The van der Waals surface area contributed by atoms with Gasteiger partial charge in [0.15, 0.2) is 0 Å². The van der Waals surface area contributed by atoms with Crippen LogP contribution < -0.4 is 0 Å². The lowest BCUT2D eigenvalue weighted by molar-refractivity contribution is 0.568. The Labute approximate surface area is 83.1 Å². The van der Waals surface area contributed by atoms with Crippen molar-refractivity contribution in [2.45, 2.75) is 0 Å². The number of hydrogen-bond acceptors (Lipinski definition) is 1. The number of allylic oxidation sites excluding steroid dienone is 5. The molecule has 0 radical (unpaired) electrons. The molecule has 1 nitrogen and oxygen atoms in total. The lowest BCUT2D eigenvalue weighted by Gasteiger charge is -2.06. The Kier molecular flexibility index (Phi) is 2.44. The van der Waals surface area contributed by atoms with E-state index in [0.717, 1.165) is 5.56 Å². The van der Waals surface area contributed by atoms with Crippen LogP contribution in [0.4, 0.5) is 0 Å². The molecular formula is C13H10O. The lowest BCUT2D eigenvalue weighted by atomic mass is 9.95. The summed E-state index contributed by atoms with van der Waals surface area (Å²) in [5.74, 6) is 2.12. The van der Waals surface area contributed by atoms with Crippen molar-refractivity contribution < 1.29 is 4.79 Å². The molecule has 1 aromatic rings. The van der Waals surface area contributed by atoms with E-state index in [1.54, 1.807) is 0 Å². The Morgan fingerprint density at radius 3 is 2.29 bits per heavy atom. The second-order valence-corrected chi connectivity index (χ2v) is 3.18. The first-order valence-electron chi connectivity index (χ1n) is 4.57. The minimum atomic E-state index is 0.0925. The topological polar surface area (TPSA) is 17.1 Å². The Bertz CT molecular complexity index is 408. The molecule has 0 unspecified atom stereocenters. The predicted molar refractivity (Wildman–Crippen MR) is 57.3 cm³/mol. The van der Waals surface area contributed by atoms with E-state index in [4.69, 9.17) is 0 Å². The third kappa shape index (κ3) is 1.59. The van der Waals surface area contributed by atoms with Crippen molar-refractivity contribution in [2.75, 3.05) is 0 Å². The van der Waals surface area contributed by atoms with Crippen LogP contribution in [0.5, 0.6) is 0 Å². The van der Waals surface area contributed by atoms with Crippen LogP contribution in [0.15, 0.2) is 54.6 Å². The van der Waals surface area contributed by atoms with Crippen LogP contribution in [0.25, 0.3) is 5.57 Å². The summed E-state index contributed by atoms with van der Waals surface area (Å²) >= 11 is 0. The summed E-state index contributed by atoms with van der Waals surface area (Å²) in [6, 6.07) is 9.65. The molecule has 1 aliphatic carbocycles. The zero-order chi connectivity index (χ0) is 9.80. The first kappa shape index (κ1) is 8.74. The highest BCUT2D eigenvalue weighted by molar-refractivity contribution is 5.90. The average Bonchev–Trinajstić information content (AvgIpc) is 2.74. The minimum Gasteiger partial charge on any atom is -0.233 e. The fraction of sp³-hybridized carbons (Fsp3) is 0.0769. The molecule has 0 saturated carbocycles. The number of rotatable bonds is 2. The Morgan fingerprint density at radius 1 is 1.07 bits per heavy atom. The minimum absolute atomic E-state index is 0.0925. The highest BCUT2D eigenvalue weighted by atomic mass is 16.1. The molecule has 2 rings (SSSR count). The monoisotopic (exact) mass is 182 g/mol. The van der Waals surface area contributed by atoms with E-state index in [1.165, 1.54) is 0 Å². The molecule has 0 saturated heterocycles. The largest absolute Gasteiger partial charge is 0.233 e. The van der Waals surface area contributed by atoms with Gasteiger partial charge in [-0.05, 0) is 5.56 Å². The van der Waals surface area contributed by atoms with E-state index >= 15 is 0 Å². The first-order chi connectivity index (χ1) is 6.92. The average molecular weight is 182 g/mol. The summed E-state index contributed by atoms with van der Waals surface area (Å²) in [5.41, 5.74) is 1.65. The van der Waals surface area contributed by atoms with Crippen molar-refractivity contribution in [3.8, 4) is 0 Å². The lowest BCUT2D eigenvalue weighted by Crippen LogP contribution is -1.95. The zero-order valence-electron chi connectivity index (χ0n) is 7.68. The Balaban J connectivity index is 2.37. The molecule has 1 heteroatoms. The van der Waals surface area contributed by atoms with Gasteiger partial charge in [-0.2, -0.15) is 0 Å². The first-order valence-corrected chi connectivity index (χ1v) is 4.57. The van der Waals surface area contributed by atoms with Gasteiger partial charge >= 0.3 is 0 Å². The second-order valence-electron chi connectivity index (χ2n) is 3.18. The van der Waals surface area contributed by atoms with Gasteiger partial charge in [0.25, 0.3) is 0 Å². The summed E-state index contributed by atoms with van der Waals surface area (Å²) in [4.78, 5) is 10.9. The van der Waals surface area contributed by atoms with E-state index in [9.17, 15) is 4.79 Å². The molecule has 1 aromatic carbocycles. The molecule has 0 heterocycles. The molecule has 68 valence electrons. The van der Waals surface area contributed by atoms with Gasteiger partial charge in [0.2, 0.25) is 0 Å². The highest BCUT2D eigenvalue weighted by Crippen LogP contribution is 2.25. The van der Waals surface area contributed by atoms with Gasteiger partial charge in [0.1, 0.15) is 5.94 Å². The van der Waals surface area contributed by atoms with Crippen LogP contribution >= 0.6 is 0 Å². The van der Waals surface area contributed by atoms with E-state index in [1.807, 2.05) is 60.6 Å². The Hall–Kier alpha value is -1.85. The molecule has 0 bridgehead atoms. The van der Waals surface area contributed by atoms with Crippen LogP contribution in [0.2, 0.25) is 0 Å². The van der Waals surface area contributed by atoms with Gasteiger partial charge in [-0.3, -0.25) is 0 Å². The van der Waals surface area contributed by atoms with Gasteiger partial charge in [-0.15, -0.1) is 0 Å². The molecule has 1 aliphatic rings. The van der Waals surface area contributed by atoms with Crippen molar-refractivity contribution in [1.29, 1.82) is 0 Å². The number of carbonyl (C=O) groups excluding carboxylic acids is 1. The fourth-order valence-corrected chi connectivity index (χ4v) is 1.56. The molecule has 14 heavy (non-hydrogen) atoms. The van der Waals surface area contributed by atoms with Crippen LogP contribution in [-0.4, -0.2) is 5.94 Å². The van der Waals surface area contributed by atoms with Crippen molar-refractivity contribution in [2.24, 2.45) is 5.92 Å². The van der Waals surface area contributed by atoms with E-state index in [0.29, 0.717) is 5.57 Å². The third-order valence-corrected chi connectivity index (χ3v) is 2.28. The maximum Gasteiger partial charge on any atom is 0.129 e. The van der Waals surface area contributed by atoms with Gasteiger partial charge in [0, 0.05) is 5.92 Å². The molecule has 0 N–H and O–H groups in total. The quantitative estimate of drug-likeness (QED) is 0.642. The molecule has 0 fully saturated rings. The van der Waals surface area contributed by atoms with Gasteiger partial charge in [-0.1, -0.05) is 54.6 Å². The van der Waals surface area contributed by atoms with Crippen LogP contribution in [-0.2, 0) is 4.79 Å². The Morgan fingerprint density at radius 2 is 1.71 bits per heavy atom. The van der Waals surface area contributed by atoms with Gasteiger partial charge in [0.05, 0.1) is 5.57 Å². The standard InChI is InChI=1S/C13H10O/c14-10-13(12-8-4-5-9-12)11-6-2-1-3-7-11/h1-9,12H. The molecule has 0 aliphatic heterocycles. The summed E-state index contributed by atoms with van der Waals surface area (Å²) in [5, 5.41) is 0. The smallest absolute Gasteiger partial charge is 0.129 e. The van der Waals surface area contributed by atoms with Crippen molar-refractivity contribution in [3.05, 3.63) is 60.2 Å². The van der Waals surface area contributed by atoms with E-state index < -0.39 is 0 Å².